The van der Waals surface area contributed by atoms with Crippen LogP contribution in [0.1, 0.15) is 17.3 Å². The van der Waals surface area contributed by atoms with Crippen molar-refractivity contribution >= 4 is 33.6 Å². The summed E-state index contributed by atoms with van der Waals surface area (Å²) in [5.41, 5.74) is 0.114. The van der Waals surface area contributed by atoms with Gasteiger partial charge in [0.05, 0.1) is 5.56 Å². The molecule has 1 amide bonds. The predicted octanol–water partition coefficient (Wildman–Crippen LogP) is 3.41. The zero-order valence-electron chi connectivity index (χ0n) is 10.0. The second kappa shape index (κ2) is 6.40. The van der Waals surface area contributed by atoms with Crippen LogP contribution in [0, 0.1) is 5.82 Å². The fraction of sp³-hybridized carbons (Fsp3) is 0.417. The Kier molecular flexibility index (Phi) is 5.46. The third kappa shape index (κ3) is 3.71. The van der Waals surface area contributed by atoms with E-state index in [4.69, 9.17) is 0 Å². The highest BCUT2D eigenvalue weighted by atomic mass is 79.9. The molecule has 1 atom stereocenters. The van der Waals surface area contributed by atoms with Gasteiger partial charge < -0.3 is 4.90 Å². The van der Waals surface area contributed by atoms with Crippen molar-refractivity contribution in [3.8, 4) is 0 Å². The van der Waals surface area contributed by atoms with Crippen LogP contribution in [0.25, 0.3) is 0 Å². The molecule has 1 aromatic carbocycles. The van der Waals surface area contributed by atoms with Crippen LogP contribution >= 0.6 is 27.7 Å². The zero-order valence-corrected chi connectivity index (χ0v) is 12.4. The first-order valence-corrected chi connectivity index (χ1v) is 7.37. The molecular formula is C12H15BrFNOS. The molecule has 2 nitrogen and oxygen atoms in total. The normalized spacial score (nSPS) is 12.3. The van der Waals surface area contributed by atoms with Gasteiger partial charge in [-0.15, -0.1) is 0 Å². The van der Waals surface area contributed by atoms with E-state index in [2.05, 4.69) is 15.9 Å². The van der Waals surface area contributed by atoms with Gasteiger partial charge in [0.2, 0.25) is 0 Å². The first-order chi connectivity index (χ1) is 7.97. The quantitative estimate of drug-likeness (QED) is 0.847. The summed E-state index contributed by atoms with van der Waals surface area (Å²) in [7, 11) is 1.70. The van der Waals surface area contributed by atoms with Crippen molar-refractivity contribution in [3.63, 3.8) is 0 Å². The third-order valence-electron chi connectivity index (χ3n) is 2.55. The summed E-state index contributed by atoms with van der Waals surface area (Å²) in [5, 5.41) is 0. The Hall–Kier alpha value is -0.550. The van der Waals surface area contributed by atoms with E-state index >= 15 is 0 Å². The fourth-order valence-corrected chi connectivity index (χ4v) is 2.45. The SMILES string of the molecule is CSCC(C)N(C)C(=O)c1ccc(Br)cc1F. The lowest BCUT2D eigenvalue weighted by Crippen LogP contribution is -2.37. The lowest BCUT2D eigenvalue weighted by molar-refractivity contribution is 0.0753. The number of rotatable bonds is 4. The number of nitrogens with zero attached hydrogens (tertiary/aromatic N) is 1. The molecule has 1 aromatic rings. The standard InChI is InChI=1S/C12H15BrFNOS/c1-8(7-17-3)15(2)12(16)10-5-4-9(13)6-11(10)14/h4-6,8H,7H2,1-3H3. The summed E-state index contributed by atoms with van der Waals surface area (Å²) in [4.78, 5) is 13.6. The monoisotopic (exact) mass is 319 g/mol. The van der Waals surface area contributed by atoms with Crippen molar-refractivity contribution in [1.29, 1.82) is 0 Å². The van der Waals surface area contributed by atoms with Crippen molar-refractivity contribution in [2.24, 2.45) is 0 Å². The van der Waals surface area contributed by atoms with Crippen LogP contribution in [0.3, 0.4) is 0 Å². The number of thioether (sulfide) groups is 1. The number of carbonyl (C=O) groups excluding carboxylic acids is 1. The molecule has 1 unspecified atom stereocenters. The van der Waals surface area contributed by atoms with E-state index in [0.717, 1.165) is 5.75 Å². The van der Waals surface area contributed by atoms with Crippen LogP contribution in [0.4, 0.5) is 4.39 Å². The minimum atomic E-state index is -0.493. The van der Waals surface area contributed by atoms with Crippen molar-refractivity contribution in [1.82, 2.24) is 4.90 Å². The highest BCUT2D eigenvalue weighted by Crippen LogP contribution is 2.17. The Morgan fingerprint density at radius 3 is 2.76 bits per heavy atom. The number of hydrogen-bond donors (Lipinski definition) is 0. The lowest BCUT2D eigenvalue weighted by Gasteiger charge is -2.24. The largest absolute Gasteiger partial charge is 0.338 e. The molecule has 0 heterocycles. The maximum absolute atomic E-state index is 13.6. The van der Waals surface area contributed by atoms with Gasteiger partial charge in [0, 0.05) is 23.3 Å². The minimum absolute atomic E-state index is 0.0838. The third-order valence-corrected chi connectivity index (χ3v) is 3.86. The topological polar surface area (TPSA) is 20.3 Å². The maximum Gasteiger partial charge on any atom is 0.256 e. The van der Waals surface area contributed by atoms with Gasteiger partial charge in [-0.2, -0.15) is 11.8 Å². The Balaban J connectivity index is 2.88. The molecule has 0 saturated heterocycles. The first kappa shape index (κ1) is 14.5. The van der Waals surface area contributed by atoms with E-state index in [-0.39, 0.29) is 17.5 Å². The smallest absolute Gasteiger partial charge is 0.256 e. The zero-order chi connectivity index (χ0) is 13.0. The van der Waals surface area contributed by atoms with Gasteiger partial charge in [-0.1, -0.05) is 15.9 Å². The second-order valence-electron chi connectivity index (χ2n) is 3.84. The van der Waals surface area contributed by atoms with Gasteiger partial charge in [0.15, 0.2) is 0 Å². The van der Waals surface area contributed by atoms with E-state index in [1.165, 1.54) is 12.1 Å². The summed E-state index contributed by atoms with van der Waals surface area (Å²) >= 11 is 4.83. The fourth-order valence-electron chi connectivity index (χ4n) is 1.41. The van der Waals surface area contributed by atoms with Crippen LogP contribution in [0.5, 0.6) is 0 Å². The van der Waals surface area contributed by atoms with Crippen LogP contribution in [0.15, 0.2) is 22.7 Å². The molecule has 0 aliphatic carbocycles. The van der Waals surface area contributed by atoms with Gasteiger partial charge in [0.25, 0.3) is 5.91 Å². The van der Waals surface area contributed by atoms with Gasteiger partial charge in [0.1, 0.15) is 5.82 Å². The summed E-state index contributed by atoms with van der Waals surface area (Å²) < 4.78 is 14.3. The molecule has 0 saturated carbocycles. The molecule has 0 aromatic heterocycles. The average Bonchev–Trinajstić information content (AvgIpc) is 2.27. The summed E-state index contributed by atoms with van der Waals surface area (Å²) in [6.07, 6.45) is 1.98. The molecule has 0 aliphatic heterocycles. The number of carbonyl (C=O) groups is 1. The van der Waals surface area contributed by atoms with Crippen molar-refractivity contribution in [2.45, 2.75) is 13.0 Å². The van der Waals surface area contributed by atoms with Crippen LogP contribution < -0.4 is 0 Å². The molecule has 0 spiro atoms. The second-order valence-corrected chi connectivity index (χ2v) is 5.67. The predicted molar refractivity (Wildman–Crippen MR) is 74.0 cm³/mol. The van der Waals surface area contributed by atoms with Crippen molar-refractivity contribution in [2.75, 3.05) is 19.1 Å². The van der Waals surface area contributed by atoms with Crippen molar-refractivity contribution in [3.05, 3.63) is 34.1 Å². The van der Waals surface area contributed by atoms with E-state index in [1.54, 1.807) is 29.8 Å². The minimum Gasteiger partial charge on any atom is -0.338 e. The number of hydrogen-bond acceptors (Lipinski definition) is 2. The molecular weight excluding hydrogens is 305 g/mol. The highest BCUT2D eigenvalue weighted by molar-refractivity contribution is 9.10. The first-order valence-electron chi connectivity index (χ1n) is 5.18. The number of amides is 1. The van der Waals surface area contributed by atoms with Gasteiger partial charge >= 0.3 is 0 Å². The summed E-state index contributed by atoms with van der Waals surface area (Å²) in [6.45, 7) is 1.95. The van der Waals surface area contributed by atoms with Gasteiger partial charge in [-0.25, -0.2) is 4.39 Å². The molecule has 5 heteroatoms. The molecule has 0 aliphatic rings. The maximum atomic E-state index is 13.6. The molecule has 0 fully saturated rings. The molecule has 0 radical (unpaired) electrons. The van der Waals surface area contributed by atoms with E-state index in [0.29, 0.717) is 4.47 Å². The molecule has 1 rings (SSSR count). The van der Waals surface area contributed by atoms with E-state index in [1.807, 2.05) is 13.2 Å². The van der Waals surface area contributed by atoms with Crippen LogP contribution in [-0.4, -0.2) is 35.9 Å². The molecule has 94 valence electrons. The summed E-state index contributed by atoms with van der Waals surface area (Å²) in [6, 6.07) is 4.56. The van der Waals surface area contributed by atoms with Gasteiger partial charge in [-0.05, 0) is 31.4 Å². The van der Waals surface area contributed by atoms with Crippen LogP contribution in [0.2, 0.25) is 0 Å². The summed E-state index contributed by atoms with van der Waals surface area (Å²) in [5.74, 6) is 0.0598. The lowest BCUT2D eigenvalue weighted by atomic mass is 10.1. The average molecular weight is 320 g/mol. The van der Waals surface area contributed by atoms with Crippen LogP contribution in [-0.2, 0) is 0 Å². The Morgan fingerprint density at radius 1 is 1.59 bits per heavy atom. The van der Waals surface area contributed by atoms with E-state index in [9.17, 15) is 9.18 Å². The van der Waals surface area contributed by atoms with E-state index < -0.39 is 5.82 Å². The Labute approximate surface area is 114 Å². The van der Waals surface area contributed by atoms with Gasteiger partial charge in [-0.3, -0.25) is 4.79 Å². The Morgan fingerprint density at radius 2 is 2.24 bits per heavy atom. The molecule has 0 bridgehead atoms. The number of halogens is 2. The van der Waals surface area contributed by atoms with Crippen molar-refractivity contribution < 1.29 is 9.18 Å². The molecule has 17 heavy (non-hydrogen) atoms. The Bertz CT molecular complexity index is 413. The highest BCUT2D eigenvalue weighted by Gasteiger charge is 2.20. The number of benzene rings is 1. The molecule has 0 N–H and O–H groups in total.